The molecule has 1 fully saturated rings. The zero-order valence-corrected chi connectivity index (χ0v) is 8.92. The molecule has 1 aliphatic rings. The van der Waals surface area contributed by atoms with E-state index in [0.717, 1.165) is 37.2 Å². The standard InChI is InChI=1S/C12H16FNO/c1-15-12-5-4-10(13)7-11(12)9-3-2-6-14-8-9/h4-5,7,9,14H,2-3,6,8H2,1H3/t9-/m1/s1. The highest BCUT2D eigenvalue weighted by molar-refractivity contribution is 5.37. The van der Waals surface area contributed by atoms with Crippen LogP contribution in [0.3, 0.4) is 0 Å². The van der Waals surface area contributed by atoms with Crippen LogP contribution >= 0.6 is 0 Å². The molecule has 0 aromatic heterocycles. The van der Waals surface area contributed by atoms with Crippen molar-refractivity contribution in [3.8, 4) is 5.75 Å². The highest BCUT2D eigenvalue weighted by Gasteiger charge is 2.19. The quantitative estimate of drug-likeness (QED) is 0.807. The average molecular weight is 209 g/mol. The van der Waals surface area contributed by atoms with Crippen LogP contribution in [0.2, 0.25) is 0 Å². The summed E-state index contributed by atoms with van der Waals surface area (Å²) in [6, 6.07) is 4.74. The second-order valence-electron chi connectivity index (χ2n) is 3.93. The van der Waals surface area contributed by atoms with Crippen molar-refractivity contribution in [1.29, 1.82) is 0 Å². The van der Waals surface area contributed by atoms with Gasteiger partial charge in [-0.3, -0.25) is 0 Å². The molecule has 0 saturated carbocycles. The minimum absolute atomic E-state index is 0.184. The van der Waals surface area contributed by atoms with Gasteiger partial charge in [0.25, 0.3) is 0 Å². The molecule has 0 radical (unpaired) electrons. The van der Waals surface area contributed by atoms with E-state index in [1.165, 1.54) is 6.07 Å². The lowest BCUT2D eigenvalue weighted by molar-refractivity contribution is 0.390. The first-order valence-electron chi connectivity index (χ1n) is 5.35. The summed E-state index contributed by atoms with van der Waals surface area (Å²) in [5.41, 5.74) is 0.990. The van der Waals surface area contributed by atoms with Gasteiger partial charge in [0.2, 0.25) is 0 Å². The van der Waals surface area contributed by atoms with Gasteiger partial charge in [-0.15, -0.1) is 0 Å². The molecule has 0 aliphatic carbocycles. The predicted molar refractivity (Wildman–Crippen MR) is 57.8 cm³/mol. The Morgan fingerprint density at radius 1 is 1.47 bits per heavy atom. The maximum Gasteiger partial charge on any atom is 0.123 e. The fourth-order valence-corrected chi connectivity index (χ4v) is 2.14. The number of halogens is 1. The summed E-state index contributed by atoms with van der Waals surface area (Å²) >= 11 is 0. The van der Waals surface area contributed by atoms with Crippen LogP contribution in [0, 0.1) is 5.82 Å². The van der Waals surface area contributed by atoms with Crippen LogP contribution in [-0.2, 0) is 0 Å². The van der Waals surface area contributed by atoms with Gasteiger partial charge in [-0.2, -0.15) is 0 Å². The Labute approximate surface area is 89.4 Å². The summed E-state index contributed by atoms with van der Waals surface area (Å²) in [4.78, 5) is 0. The van der Waals surface area contributed by atoms with Gasteiger partial charge in [0.05, 0.1) is 7.11 Å². The molecule has 2 rings (SSSR count). The van der Waals surface area contributed by atoms with Crippen molar-refractivity contribution in [3.05, 3.63) is 29.6 Å². The van der Waals surface area contributed by atoms with Gasteiger partial charge in [0.15, 0.2) is 0 Å². The van der Waals surface area contributed by atoms with E-state index < -0.39 is 0 Å². The topological polar surface area (TPSA) is 21.3 Å². The molecule has 82 valence electrons. The monoisotopic (exact) mass is 209 g/mol. The number of methoxy groups -OCH3 is 1. The van der Waals surface area contributed by atoms with Crippen molar-refractivity contribution >= 4 is 0 Å². The zero-order chi connectivity index (χ0) is 10.7. The first-order valence-corrected chi connectivity index (χ1v) is 5.35. The van der Waals surface area contributed by atoms with Crippen molar-refractivity contribution in [2.24, 2.45) is 0 Å². The SMILES string of the molecule is COc1ccc(F)cc1[C@@H]1CCCNC1. The molecule has 1 aromatic rings. The van der Waals surface area contributed by atoms with E-state index in [-0.39, 0.29) is 5.82 Å². The van der Waals surface area contributed by atoms with Crippen molar-refractivity contribution in [2.75, 3.05) is 20.2 Å². The van der Waals surface area contributed by atoms with E-state index in [1.54, 1.807) is 19.2 Å². The highest BCUT2D eigenvalue weighted by Crippen LogP contribution is 2.31. The van der Waals surface area contributed by atoms with Crippen LogP contribution < -0.4 is 10.1 Å². The molecule has 1 aromatic carbocycles. The second kappa shape index (κ2) is 4.62. The molecule has 1 N–H and O–H groups in total. The third kappa shape index (κ3) is 2.29. The second-order valence-corrected chi connectivity index (χ2v) is 3.93. The largest absolute Gasteiger partial charge is 0.496 e. The fraction of sp³-hybridized carbons (Fsp3) is 0.500. The van der Waals surface area contributed by atoms with E-state index in [2.05, 4.69) is 5.32 Å². The molecular formula is C12H16FNO. The zero-order valence-electron chi connectivity index (χ0n) is 8.92. The van der Waals surface area contributed by atoms with Crippen molar-refractivity contribution < 1.29 is 9.13 Å². The van der Waals surface area contributed by atoms with Gasteiger partial charge in [0, 0.05) is 18.0 Å². The fourth-order valence-electron chi connectivity index (χ4n) is 2.14. The van der Waals surface area contributed by atoms with Crippen LogP contribution in [0.5, 0.6) is 5.75 Å². The van der Waals surface area contributed by atoms with Crippen molar-refractivity contribution in [2.45, 2.75) is 18.8 Å². The number of piperidine rings is 1. The van der Waals surface area contributed by atoms with E-state index in [0.29, 0.717) is 5.92 Å². The molecule has 0 spiro atoms. The molecule has 15 heavy (non-hydrogen) atoms. The smallest absolute Gasteiger partial charge is 0.123 e. The van der Waals surface area contributed by atoms with Crippen molar-refractivity contribution in [1.82, 2.24) is 5.32 Å². The number of nitrogens with one attached hydrogen (secondary N) is 1. The van der Waals surface area contributed by atoms with E-state index in [9.17, 15) is 4.39 Å². The molecule has 1 aliphatic heterocycles. The molecule has 0 bridgehead atoms. The normalized spacial score (nSPS) is 21.3. The average Bonchev–Trinajstić information content (AvgIpc) is 2.30. The summed E-state index contributed by atoms with van der Waals surface area (Å²) in [6.45, 7) is 1.98. The molecule has 1 atom stereocenters. The van der Waals surface area contributed by atoms with Crippen LogP contribution in [0.25, 0.3) is 0 Å². The summed E-state index contributed by atoms with van der Waals surface area (Å²) < 4.78 is 18.4. The van der Waals surface area contributed by atoms with Gasteiger partial charge >= 0.3 is 0 Å². The van der Waals surface area contributed by atoms with Crippen LogP contribution in [-0.4, -0.2) is 20.2 Å². The van der Waals surface area contributed by atoms with E-state index in [1.807, 2.05) is 0 Å². The van der Waals surface area contributed by atoms with Gasteiger partial charge in [-0.25, -0.2) is 4.39 Å². The van der Waals surface area contributed by atoms with E-state index in [4.69, 9.17) is 4.74 Å². The third-order valence-corrected chi connectivity index (χ3v) is 2.93. The Balaban J connectivity index is 2.27. The van der Waals surface area contributed by atoms with Crippen LogP contribution in [0.15, 0.2) is 18.2 Å². The lowest BCUT2D eigenvalue weighted by Crippen LogP contribution is -2.28. The van der Waals surface area contributed by atoms with Crippen LogP contribution in [0.4, 0.5) is 4.39 Å². The minimum Gasteiger partial charge on any atom is -0.496 e. The summed E-state index contributed by atoms with van der Waals surface area (Å²) in [6.07, 6.45) is 2.25. The molecule has 3 heteroatoms. The molecule has 0 amide bonds. The maximum absolute atomic E-state index is 13.2. The van der Waals surface area contributed by atoms with Gasteiger partial charge in [0.1, 0.15) is 11.6 Å². The first kappa shape index (κ1) is 10.4. The first-order chi connectivity index (χ1) is 7.31. The number of ether oxygens (including phenoxy) is 1. The Kier molecular flexibility index (Phi) is 3.21. The number of benzene rings is 1. The predicted octanol–water partition coefficient (Wildman–Crippen LogP) is 2.30. The highest BCUT2D eigenvalue weighted by atomic mass is 19.1. The van der Waals surface area contributed by atoms with Gasteiger partial charge < -0.3 is 10.1 Å². The molecule has 1 saturated heterocycles. The van der Waals surface area contributed by atoms with E-state index >= 15 is 0 Å². The van der Waals surface area contributed by atoms with Crippen LogP contribution in [0.1, 0.15) is 24.3 Å². The Bertz CT molecular complexity index is 334. The number of hydrogen-bond donors (Lipinski definition) is 1. The number of rotatable bonds is 2. The van der Waals surface area contributed by atoms with Gasteiger partial charge in [-0.05, 0) is 37.6 Å². The van der Waals surface area contributed by atoms with Crippen molar-refractivity contribution in [3.63, 3.8) is 0 Å². The Hall–Kier alpha value is -1.09. The Morgan fingerprint density at radius 3 is 3.00 bits per heavy atom. The summed E-state index contributed by atoms with van der Waals surface area (Å²) in [5, 5.41) is 3.33. The minimum atomic E-state index is -0.184. The summed E-state index contributed by atoms with van der Waals surface area (Å²) in [5.74, 6) is 0.992. The molecule has 1 heterocycles. The lowest BCUT2D eigenvalue weighted by Gasteiger charge is -2.24. The molecule has 2 nitrogen and oxygen atoms in total. The van der Waals surface area contributed by atoms with Gasteiger partial charge in [-0.1, -0.05) is 0 Å². The third-order valence-electron chi connectivity index (χ3n) is 2.93. The number of hydrogen-bond acceptors (Lipinski definition) is 2. The molecular weight excluding hydrogens is 193 g/mol. The Morgan fingerprint density at radius 2 is 2.33 bits per heavy atom. The molecule has 0 unspecified atom stereocenters. The summed E-state index contributed by atoms with van der Waals surface area (Å²) in [7, 11) is 1.63. The maximum atomic E-state index is 13.2. The lowest BCUT2D eigenvalue weighted by atomic mass is 9.91.